The molecular weight excluding hydrogens is 288 g/mol. The van der Waals surface area contributed by atoms with Gasteiger partial charge in [-0.25, -0.2) is 0 Å². The zero-order chi connectivity index (χ0) is 18.0. The second-order valence-electron chi connectivity index (χ2n) is 8.59. The first kappa shape index (κ1) is 28.7. The van der Waals surface area contributed by atoms with Gasteiger partial charge in [-0.1, -0.05) is 62.3 Å². The van der Waals surface area contributed by atoms with Gasteiger partial charge in [0, 0.05) is 0 Å². The van der Waals surface area contributed by atoms with E-state index in [9.17, 15) is 15.3 Å². The Labute approximate surface area is 139 Å². The Kier molecular flexibility index (Phi) is 16.1. The molecule has 0 saturated heterocycles. The normalized spacial score (nSPS) is 12.1. The molecule has 0 aliphatic heterocycles. The van der Waals surface area contributed by atoms with Crippen LogP contribution in [0.4, 0.5) is 0 Å². The molecule has 0 unspecified atom stereocenters. The van der Waals surface area contributed by atoms with Gasteiger partial charge in [0.15, 0.2) is 0 Å². The van der Waals surface area contributed by atoms with Crippen molar-refractivity contribution in [1.82, 2.24) is 0 Å². The van der Waals surface area contributed by atoms with E-state index in [-0.39, 0.29) is 0 Å². The first-order valence-electron chi connectivity index (χ1n) is 6.86. The van der Waals surface area contributed by atoms with Gasteiger partial charge in [0.05, 0.1) is 0 Å². The monoisotopic (exact) mass is 324 g/mol. The molecule has 4 heteroatoms. The van der Waals surface area contributed by atoms with Crippen molar-refractivity contribution in [2.24, 2.45) is 0 Å². The maximum absolute atomic E-state index is 10.1. The Morgan fingerprint density at radius 3 is 0.450 bits per heavy atom. The first-order chi connectivity index (χ1) is 8.00. The van der Waals surface area contributed by atoms with Gasteiger partial charge in [-0.2, -0.15) is 0 Å². The van der Waals surface area contributed by atoms with Crippen LogP contribution >= 0.6 is 0 Å². The third kappa shape index (κ3) is 16300. The molecule has 0 N–H and O–H groups in total. The van der Waals surface area contributed by atoms with Crippen molar-refractivity contribution < 1.29 is 35.8 Å². The van der Waals surface area contributed by atoms with Crippen molar-refractivity contribution in [2.45, 2.75) is 104 Å². The average Bonchev–Trinajstić information content (AvgIpc) is 1.62. The van der Waals surface area contributed by atoms with E-state index in [2.05, 4.69) is 41.2 Å². The van der Waals surface area contributed by atoms with Crippen LogP contribution in [0.25, 0.3) is 0 Å². The van der Waals surface area contributed by atoms with Gasteiger partial charge in [0.1, 0.15) is 0 Å². The van der Waals surface area contributed by atoms with E-state index in [0.29, 0.717) is 3.72 Å². The standard InChI is InChI=1S/3C4H9O.C4H9.Ti/c3*1-4(2,3)5;1-4(2)3;/h3*1-3H3;1-3H3;/q3*-1;;+3. The summed E-state index contributed by atoms with van der Waals surface area (Å²) in [6.07, 6.45) is 0. The molecule has 0 aliphatic carbocycles. The zero-order valence-electron chi connectivity index (χ0n) is 15.7. The van der Waals surface area contributed by atoms with Crippen molar-refractivity contribution in [2.75, 3.05) is 0 Å². The van der Waals surface area contributed by atoms with Crippen molar-refractivity contribution in [3.8, 4) is 0 Å². The molecular formula is C16H36O3Ti. The van der Waals surface area contributed by atoms with Crippen LogP contribution in [0.15, 0.2) is 0 Å². The second kappa shape index (κ2) is 11.2. The van der Waals surface area contributed by atoms with Gasteiger partial charge in [-0.3, -0.25) is 0 Å². The fourth-order valence-corrected chi connectivity index (χ4v) is 0. The summed E-state index contributed by atoms with van der Waals surface area (Å²) in [6.45, 7) is 21.2. The summed E-state index contributed by atoms with van der Waals surface area (Å²) < 4.78 is 0.500. The topological polar surface area (TPSA) is 69.2 Å². The van der Waals surface area contributed by atoms with Crippen LogP contribution in [-0.4, -0.2) is 16.8 Å². The van der Waals surface area contributed by atoms with Crippen molar-refractivity contribution in [3.63, 3.8) is 0 Å². The van der Waals surface area contributed by atoms with E-state index in [0.717, 1.165) is 0 Å². The SMILES string of the molecule is CC(C)(C)[O-].CC(C)(C)[O-].CC(C)(C)[O-].C[C](C)(C)[Ti+3]. The third-order valence-electron chi connectivity index (χ3n) is 0. The molecule has 0 aromatic rings. The second-order valence-corrected chi connectivity index (χ2v) is 10.9. The summed E-state index contributed by atoms with van der Waals surface area (Å²) >= 11 is 2.19. The zero-order valence-corrected chi connectivity index (χ0v) is 17.3. The predicted molar refractivity (Wildman–Crippen MR) is 79.0 cm³/mol. The van der Waals surface area contributed by atoms with Crippen molar-refractivity contribution >= 4 is 0 Å². The minimum atomic E-state index is -0.750. The maximum atomic E-state index is 10.1. The van der Waals surface area contributed by atoms with E-state index in [4.69, 9.17) is 0 Å². The summed E-state index contributed by atoms with van der Waals surface area (Å²) in [6, 6.07) is 0. The summed E-state index contributed by atoms with van der Waals surface area (Å²) in [7, 11) is 0. The number of hydrogen-bond acceptors (Lipinski definition) is 3. The van der Waals surface area contributed by atoms with Crippen molar-refractivity contribution in [3.05, 3.63) is 0 Å². The molecule has 0 fully saturated rings. The Bertz CT molecular complexity index is 128. The molecule has 0 rings (SSSR count). The van der Waals surface area contributed by atoms with Crippen LogP contribution in [0.1, 0.15) is 83.1 Å². The van der Waals surface area contributed by atoms with E-state index < -0.39 is 16.8 Å². The van der Waals surface area contributed by atoms with Gasteiger partial charge < -0.3 is 15.3 Å². The quantitative estimate of drug-likeness (QED) is 0.641. The Morgan fingerprint density at radius 1 is 0.450 bits per heavy atom. The molecule has 0 spiro atoms. The van der Waals surface area contributed by atoms with Crippen LogP contribution in [0.5, 0.6) is 0 Å². The van der Waals surface area contributed by atoms with Crippen molar-refractivity contribution in [1.29, 1.82) is 0 Å². The molecule has 122 valence electrons. The Morgan fingerprint density at radius 2 is 0.450 bits per heavy atom. The van der Waals surface area contributed by atoms with Crippen LogP contribution < -0.4 is 15.3 Å². The third-order valence-corrected chi connectivity index (χ3v) is 0. The van der Waals surface area contributed by atoms with E-state index >= 15 is 0 Å². The van der Waals surface area contributed by atoms with E-state index in [1.165, 1.54) is 0 Å². The van der Waals surface area contributed by atoms with Gasteiger partial charge >= 0.3 is 44.9 Å². The summed E-state index contributed by atoms with van der Waals surface area (Å²) in [5.74, 6) is 0. The summed E-state index contributed by atoms with van der Waals surface area (Å²) in [4.78, 5) is 0. The van der Waals surface area contributed by atoms with Crippen LogP contribution in [0.3, 0.4) is 0 Å². The van der Waals surface area contributed by atoms with Gasteiger partial charge in [0.2, 0.25) is 0 Å². The average molecular weight is 324 g/mol. The summed E-state index contributed by atoms with van der Waals surface area (Å²) in [5.41, 5.74) is -2.25. The molecule has 0 amide bonds. The van der Waals surface area contributed by atoms with Crippen LogP contribution in [0.2, 0.25) is 3.72 Å². The number of hydrogen-bond donors (Lipinski definition) is 0. The predicted octanol–water partition coefficient (Wildman–Crippen LogP) is 2.19. The molecule has 3 nitrogen and oxygen atoms in total. The van der Waals surface area contributed by atoms with Gasteiger partial charge in [-0.05, 0) is 0 Å². The molecule has 0 aliphatic rings. The molecule has 0 aromatic carbocycles. The molecule has 0 saturated carbocycles. The van der Waals surface area contributed by atoms with E-state index in [1.54, 1.807) is 62.3 Å². The number of rotatable bonds is 0. The van der Waals surface area contributed by atoms with Gasteiger partial charge in [0.25, 0.3) is 0 Å². The summed E-state index contributed by atoms with van der Waals surface area (Å²) in [5, 5.41) is 30.3. The van der Waals surface area contributed by atoms with Crippen LogP contribution in [0, 0.1) is 0 Å². The molecule has 0 heterocycles. The minimum absolute atomic E-state index is 0.500. The van der Waals surface area contributed by atoms with Gasteiger partial charge in [-0.15, -0.1) is 16.8 Å². The molecule has 20 heavy (non-hydrogen) atoms. The molecule has 0 aromatic heterocycles. The molecule has 0 atom stereocenters. The fraction of sp³-hybridized carbons (Fsp3) is 1.00. The Hall–Kier alpha value is 0.594. The molecule has 0 bridgehead atoms. The Balaban J connectivity index is -0.0000000853. The van der Waals surface area contributed by atoms with Crippen LogP contribution in [-0.2, 0) is 20.4 Å². The molecule has 0 radical (unpaired) electrons. The van der Waals surface area contributed by atoms with E-state index in [1.807, 2.05) is 0 Å². The first-order valence-corrected chi connectivity index (χ1v) is 7.64. The fourth-order valence-electron chi connectivity index (χ4n) is 0.